The first-order valence-electron chi connectivity index (χ1n) is 3.97. The first kappa shape index (κ1) is 10.2. The van der Waals surface area contributed by atoms with Gasteiger partial charge in [0.15, 0.2) is 11.6 Å². The standard InChI is InChI=1S/C10H10FNO2/c1-14-10-6-8(2-3-9(10)11)4-5-12-7-13/h2-7H,1H3,(H,12,13)/b5-4+. The third kappa shape index (κ3) is 2.58. The van der Waals surface area contributed by atoms with Gasteiger partial charge in [-0.3, -0.25) is 4.79 Å². The van der Waals surface area contributed by atoms with Crippen LogP contribution >= 0.6 is 0 Å². The number of halogens is 1. The van der Waals surface area contributed by atoms with Gasteiger partial charge in [0.1, 0.15) is 0 Å². The fourth-order valence-corrected chi connectivity index (χ4v) is 0.964. The average molecular weight is 195 g/mol. The summed E-state index contributed by atoms with van der Waals surface area (Å²) in [6, 6.07) is 4.43. The number of nitrogens with one attached hydrogen (secondary N) is 1. The Morgan fingerprint density at radius 2 is 2.29 bits per heavy atom. The zero-order chi connectivity index (χ0) is 10.4. The van der Waals surface area contributed by atoms with Crippen molar-refractivity contribution in [2.24, 2.45) is 0 Å². The summed E-state index contributed by atoms with van der Waals surface area (Å²) in [5.74, 6) is -0.230. The van der Waals surface area contributed by atoms with Gasteiger partial charge in [-0.15, -0.1) is 0 Å². The first-order chi connectivity index (χ1) is 6.77. The van der Waals surface area contributed by atoms with Crippen molar-refractivity contribution in [3.63, 3.8) is 0 Å². The second kappa shape index (κ2) is 5.01. The molecule has 0 aliphatic carbocycles. The minimum atomic E-state index is -0.409. The topological polar surface area (TPSA) is 38.3 Å². The van der Waals surface area contributed by atoms with Crippen molar-refractivity contribution in [1.82, 2.24) is 5.32 Å². The van der Waals surface area contributed by atoms with E-state index in [4.69, 9.17) is 4.74 Å². The molecular weight excluding hydrogens is 185 g/mol. The number of methoxy groups -OCH3 is 1. The zero-order valence-electron chi connectivity index (χ0n) is 7.66. The number of amides is 1. The predicted molar refractivity (Wildman–Crippen MR) is 51.2 cm³/mol. The molecule has 0 aliphatic heterocycles. The second-order valence-corrected chi connectivity index (χ2v) is 2.51. The highest BCUT2D eigenvalue weighted by molar-refractivity contribution is 5.56. The van der Waals surface area contributed by atoms with Gasteiger partial charge in [0, 0.05) is 6.20 Å². The molecule has 0 aromatic heterocycles. The van der Waals surface area contributed by atoms with E-state index >= 15 is 0 Å². The van der Waals surface area contributed by atoms with E-state index in [2.05, 4.69) is 5.32 Å². The lowest BCUT2D eigenvalue weighted by molar-refractivity contribution is -0.108. The van der Waals surface area contributed by atoms with Crippen molar-refractivity contribution in [2.75, 3.05) is 7.11 Å². The molecule has 0 saturated carbocycles. The minimum Gasteiger partial charge on any atom is -0.494 e. The summed E-state index contributed by atoms with van der Waals surface area (Å²) in [6.45, 7) is 0. The van der Waals surface area contributed by atoms with Crippen LogP contribution in [0.4, 0.5) is 4.39 Å². The molecule has 14 heavy (non-hydrogen) atoms. The Hall–Kier alpha value is -1.84. The van der Waals surface area contributed by atoms with Crippen LogP contribution in [0.3, 0.4) is 0 Å². The maximum absolute atomic E-state index is 12.9. The molecule has 1 rings (SSSR count). The van der Waals surface area contributed by atoms with Gasteiger partial charge in [0.05, 0.1) is 7.11 Å². The Morgan fingerprint density at radius 1 is 1.50 bits per heavy atom. The second-order valence-electron chi connectivity index (χ2n) is 2.51. The largest absolute Gasteiger partial charge is 0.494 e. The summed E-state index contributed by atoms with van der Waals surface area (Å²) in [5.41, 5.74) is 0.748. The van der Waals surface area contributed by atoms with E-state index in [-0.39, 0.29) is 5.75 Å². The Kier molecular flexibility index (Phi) is 3.67. The Bertz CT molecular complexity index is 350. The van der Waals surface area contributed by atoms with Crippen LogP contribution in [0.2, 0.25) is 0 Å². The number of hydrogen-bond acceptors (Lipinski definition) is 2. The Labute approximate surface area is 81.2 Å². The van der Waals surface area contributed by atoms with E-state index < -0.39 is 5.82 Å². The van der Waals surface area contributed by atoms with Gasteiger partial charge in [0.2, 0.25) is 6.41 Å². The number of benzene rings is 1. The summed E-state index contributed by atoms with van der Waals surface area (Å²) in [7, 11) is 1.40. The number of carbonyl (C=O) groups excluding carboxylic acids is 1. The summed E-state index contributed by atoms with van der Waals surface area (Å²) in [4.78, 5) is 9.93. The molecule has 1 amide bonds. The maximum atomic E-state index is 12.9. The van der Waals surface area contributed by atoms with Crippen LogP contribution in [0.15, 0.2) is 24.4 Å². The van der Waals surface area contributed by atoms with Crippen molar-refractivity contribution in [2.45, 2.75) is 0 Å². The normalized spacial score (nSPS) is 10.1. The van der Waals surface area contributed by atoms with Crippen LogP contribution in [-0.2, 0) is 4.79 Å². The van der Waals surface area contributed by atoms with Gasteiger partial charge >= 0.3 is 0 Å². The molecule has 0 bridgehead atoms. The average Bonchev–Trinajstić information content (AvgIpc) is 2.21. The molecule has 0 aliphatic rings. The third-order valence-electron chi connectivity index (χ3n) is 1.62. The molecule has 3 nitrogen and oxygen atoms in total. The molecule has 74 valence electrons. The van der Waals surface area contributed by atoms with E-state index in [0.29, 0.717) is 6.41 Å². The van der Waals surface area contributed by atoms with Gasteiger partial charge < -0.3 is 10.1 Å². The molecule has 0 fully saturated rings. The van der Waals surface area contributed by atoms with E-state index in [1.807, 2.05) is 0 Å². The molecular formula is C10H10FNO2. The highest BCUT2D eigenvalue weighted by Gasteiger charge is 2.00. The molecule has 1 aromatic carbocycles. The highest BCUT2D eigenvalue weighted by Crippen LogP contribution is 2.18. The molecule has 4 heteroatoms. The lowest BCUT2D eigenvalue weighted by atomic mass is 10.2. The van der Waals surface area contributed by atoms with E-state index in [1.54, 1.807) is 12.1 Å². The summed E-state index contributed by atoms with van der Waals surface area (Å²) < 4.78 is 17.7. The van der Waals surface area contributed by atoms with Crippen molar-refractivity contribution in [3.8, 4) is 5.75 Å². The van der Waals surface area contributed by atoms with Gasteiger partial charge in [0.25, 0.3) is 0 Å². The third-order valence-corrected chi connectivity index (χ3v) is 1.62. The zero-order valence-corrected chi connectivity index (χ0v) is 7.66. The monoisotopic (exact) mass is 195 g/mol. The van der Waals surface area contributed by atoms with Crippen LogP contribution in [0.1, 0.15) is 5.56 Å². The van der Waals surface area contributed by atoms with Crippen molar-refractivity contribution in [1.29, 1.82) is 0 Å². The molecule has 0 atom stereocenters. The lowest BCUT2D eigenvalue weighted by Gasteiger charge is -2.01. The van der Waals surface area contributed by atoms with E-state index in [0.717, 1.165) is 5.56 Å². The van der Waals surface area contributed by atoms with Crippen molar-refractivity contribution >= 4 is 12.5 Å². The van der Waals surface area contributed by atoms with E-state index in [1.165, 1.54) is 25.4 Å². The van der Waals surface area contributed by atoms with Crippen LogP contribution in [0.25, 0.3) is 6.08 Å². The fraction of sp³-hybridized carbons (Fsp3) is 0.100. The Morgan fingerprint density at radius 3 is 2.93 bits per heavy atom. The molecule has 0 unspecified atom stereocenters. The first-order valence-corrected chi connectivity index (χ1v) is 3.97. The molecule has 1 aromatic rings. The van der Waals surface area contributed by atoms with Gasteiger partial charge in [-0.1, -0.05) is 6.07 Å². The highest BCUT2D eigenvalue weighted by atomic mass is 19.1. The summed E-state index contributed by atoms with van der Waals surface area (Å²) in [6.07, 6.45) is 3.65. The molecule has 1 N–H and O–H groups in total. The molecule has 0 saturated heterocycles. The lowest BCUT2D eigenvalue weighted by Crippen LogP contribution is -1.98. The number of rotatable bonds is 4. The molecule has 0 spiro atoms. The minimum absolute atomic E-state index is 0.179. The quantitative estimate of drug-likeness (QED) is 0.740. The van der Waals surface area contributed by atoms with Crippen LogP contribution in [-0.4, -0.2) is 13.5 Å². The summed E-state index contributed by atoms with van der Waals surface area (Å²) >= 11 is 0. The van der Waals surface area contributed by atoms with Crippen LogP contribution < -0.4 is 10.1 Å². The predicted octanol–water partition coefficient (Wildman–Crippen LogP) is 1.55. The van der Waals surface area contributed by atoms with Gasteiger partial charge in [-0.25, -0.2) is 4.39 Å². The summed E-state index contributed by atoms with van der Waals surface area (Å²) in [5, 5.41) is 2.35. The van der Waals surface area contributed by atoms with E-state index in [9.17, 15) is 9.18 Å². The number of hydrogen-bond donors (Lipinski definition) is 1. The van der Waals surface area contributed by atoms with Gasteiger partial charge in [-0.2, -0.15) is 0 Å². The van der Waals surface area contributed by atoms with Gasteiger partial charge in [-0.05, 0) is 23.8 Å². The van der Waals surface area contributed by atoms with Crippen molar-refractivity contribution in [3.05, 3.63) is 35.8 Å². The number of ether oxygens (including phenoxy) is 1. The Balaban J connectivity index is 2.83. The molecule has 0 heterocycles. The van der Waals surface area contributed by atoms with Crippen LogP contribution in [0, 0.1) is 5.82 Å². The molecule has 0 radical (unpaired) electrons. The SMILES string of the molecule is COc1cc(/C=C/NC=O)ccc1F. The fourth-order valence-electron chi connectivity index (χ4n) is 0.964. The maximum Gasteiger partial charge on any atom is 0.211 e. The number of carbonyl (C=O) groups is 1. The van der Waals surface area contributed by atoms with Crippen LogP contribution in [0.5, 0.6) is 5.75 Å². The smallest absolute Gasteiger partial charge is 0.211 e. The van der Waals surface area contributed by atoms with Crippen molar-refractivity contribution < 1.29 is 13.9 Å².